The molecule has 0 radical (unpaired) electrons. The zero-order valence-electron chi connectivity index (χ0n) is 17.4. The number of hydrogen-bond donors (Lipinski definition) is 1. The van der Waals surface area contributed by atoms with Crippen LogP contribution in [0.3, 0.4) is 0 Å². The van der Waals surface area contributed by atoms with Gasteiger partial charge in [-0.25, -0.2) is 0 Å². The Bertz CT molecular complexity index is 1260. The highest BCUT2D eigenvalue weighted by Crippen LogP contribution is 2.52. The fourth-order valence-electron chi connectivity index (χ4n) is 4.44. The van der Waals surface area contributed by atoms with E-state index in [9.17, 15) is 38.0 Å². The molecule has 0 aromatic heterocycles. The van der Waals surface area contributed by atoms with Crippen LogP contribution in [0.15, 0.2) is 78.9 Å². The Balaban J connectivity index is 1.95. The first-order chi connectivity index (χ1) is 16.1. The van der Waals surface area contributed by atoms with E-state index < -0.39 is 46.4 Å². The van der Waals surface area contributed by atoms with E-state index in [0.29, 0.717) is 5.56 Å². The number of alkyl halides is 3. The third-order valence-corrected chi connectivity index (χ3v) is 5.97. The van der Waals surface area contributed by atoms with Crippen LogP contribution >= 0.6 is 0 Å². The molecule has 0 bridgehead atoms. The number of carbonyl (C=O) groups excluding carboxylic acids is 1. The molecular weight excluding hydrogens is 453 g/mol. The molecule has 1 heterocycles. The third-order valence-electron chi connectivity index (χ3n) is 5.97. The summed E-state index contributed by atoms with van der Waals surface area (Å²) in [5.74, 6) is -2.06. The minimum Gasteiger partial charge on any atom is -0.480 e. The standard InChI is InChI=1S/C24H17F3N2O5/c25-24(26,27)17-7-4-8-19(13-17)28-20(30)14-23(22(31)32,21(28)15-5-2-1-3-6-15)16-9-11-18(12-10-16)29(33)34/h1-13,21H,14H2,(H,31,32)/t21-,23-/m1/s1. The maximum Gasteiger partial charge on any atom is 0.416 e. The normalized spacial score (nSPS) is 20.4. The van der Waals surface area contributed by atoms with Gasteiger partial charge in [-0.05, 0) is 29.3 Å². The van der Waals surface area contributed by atoms with E-state index >= 15 is 0 Å². The van der Waals surface area contributed by atoms with Crippen molar-refractivity contribution in [3.8, 4) is 0 Å². The Morgan fingerprint density at radius 3 is 2.24 bits per heavy atom. The van der Waals surface area contributed by atoms with Crippen LogP contribution in [0.1, 0.15) is 29.2 Å². The maximum atomic E-state index is 13.4. The van der Waals surface area contributed by atoms with E-state index in [1.165, 1.54) is 18.2 Å². The molecule has 174 valence electrons. The number of nitro groups is 1. The summed E-state index contributed by atoms with van der Waals surface area (Å²) in [5, 5.41) is 21.5. The molecule has 10 heteroatoms. The van der Waals surface area contributed by atoms with Crippen molar-refractivity contribution in [2.75, 3.05) is 4.90 Å². The highest BCUT2D eigenvalue weighted by Gasteiger charge is 2.59. The van der Waals surface area contributed by atoms with Crippen LogP contribution in [0.25, 0.3) is 0 Å². The molecule has 1 amide bonds. The van der Waals surface area contributed by atoms with Crippen LogP contribution < -0.4 is 4.90 Å². The number of halogens is 3. The summed E-state index contributed by atoms with van der Waals surface area (Å²) in [6, 6.07) is 15.9. The summed E-state index contributed by atoms with van der Waals surface area (Å²) < 4.78 is 40.1. The number of rotatable bonds is 5. The molecule has 7 nitrogen and oxygen atoms in total. The highest BCUT2D eigenvalue weighted by molar-refractivity contribution is 6.05. The van der Waals surface area contributed by atoms with Gasteiger partial charge < -0.3 is 10.0 Å². The second-order valence-corrected chi connectivity index (χ2v) is 7.88. The van der Waals surface area contributed by atoms with Gasteiger partial charge in [0.25, 0.3) is 5.69 Å². The van der Waals surface area contributed by atoms with E-state index in [2.05, 4.69) is 0 Å². The molecule has 1 fully saturated rings. The van der Waals surface area contributed by atoms with Gasteiger partial charge in [0.05, 0.1) is 16.5 Å². The Kier molecular flexibility index (Phi) is 5.60. The number of non-ortho nitro benzene ring substituents is 1. The minimum absolute atomic E-state index is 0.0984. The summed E-state index contributed by atoms with van der Waals surface area (Å²) in [6.07, 6.45) is -5.21. The summed E-state index contributed by atoms with van der Waals surface area (Å²) in [5.41, 5.74) is -2.72. The van der Waals surface area contributed by atoms with Crippen LogP contribution in [-0.2, 0) is 21.2 Å². The highest BCUT2D eigenvalue weighted by atomic mass is 19.4. The van der Waals surface area contributed by atoms with Crippen LogP contribution in [-0.4, -0.2) is 21.9 Å². The summed E-state index contributed by atoms with van der Waals surface area (Å²) in [4.78, 5) is 37.5. The van der Waals surface area contributed by atoms with Gasteiger partial charge >= 0.3 is 12.1 Å². The first-order valence-corrected chi connectivity index (χ1v) is 10.1. The van der Waals surface area contributed by atoms with E-state index in [0.717, 1.165) is 35.2 Å². The molecule has 3 aromatic rings. The molecule has 0 aliphatic carbocycles. The van der Waals surface area contributed by atoms with E-state index in [4.69, 9.17) is 0 Å². The molecule has 4 rings (SSSR count). The number of hydrogen-bond acceptors (Lipinski definition) is 4. The number of nitrogens with zero attached hydrogens (tertiary/aromatic N) is 2. The number of benzene rings is 3. The van der Waals surface area contributed by atoms with Crippen molar-refractivity contribution in [1.82, 2.24) is 0 Å². The summed E-state index contributed by atoms with van der Waals surface area (Å²) in [7, 11) is 0. The molecular formula is C24H17F3N2O5. The van der Waals surface area contributed by atoms with Gasteiger partial charge in [-0.1, -0.05) is 48.5 Å². The van der Waals surface area contributed by atoms with Gasteiger partial charge in [0, 0.05) is 24.2 Å². The van der Waals surface area contributed by atoms with Gasteiger partial charge in [0.1, 0.15) is 5.41 Å². The lowest BCUT2D eigenvalue weighted by Gasteiger charge is -2.35. The van der Waals surface area contributed by atoms with Crippen molar-refractivity contribution in [2.24, 2.45) is 0 Å². The van der Waals surface area contributed by atoms with Crippen LogP contribution in [0, 0.1) is 10.1 Å². The topological polar surface area (TPSA) is 101 Å². The van der Waals surface area contributed by atoms with Crippen molar-refractivity contribution in [3.63, 3.8) is 0 Å². The molecule has 1 N–H and O–H groups in total. The van der Waals surface area contributed by atoms with Gasteiger partial charge in [0.15, 0.2) is 0 Å². The molecule has 0 unspecified atom stereocenters. The van der Waals surface area contributed by atoms with Crippen molar-refractivity contribution < 1.29 is 32.8 Å². The smallest absolute Gasteiger partial charge is 0.416 e. The summed E-state index contributed by atoms with van der Waals surface area (Å²) >= 11 is 0. The fourth-order valence-corrected chi connectivity index (χ4v) is 4.44. The lowest BCUT2D eigenvalue weighted by molar-refractivity contribution is -0.384. The average Bonchev–Trinajstić information content (AvgIpc) is 3.13. The number of anilines is 1. The SMILES string of the molecule is O=C1C[C@@](C(=O)O)(c2ccc([N+](=O)[O-])cc2)[C@@H](c2ccccc2)N1c1cccc(C(F)(F)F)c1. The predicted octanol–water partition coefficient (Wildman–Crippen LogP) is 5.11. The molecule has 0 saturated carbocycles. The van der Waals surface area contributed by atoms with Crippen molar-refractivity contribution in [3.05, 3.63) is 106 Å². The number of carboxylic acid groups (broad SMARTS) is 1. The number of nitro benzene ring substituents is 1. The van der Waals surface area contributed by atoms with Gasteiger partial charge in [-0.2, -0.15) is 13.2 Å². The third kappa shape index (κ3) is 3.76. The van der Waals surface area contributed by atoms with Crippen molar-refractivity contribution in [2.45, 2.75) is 24.1 Å². The molecule has 1 saturated heterocycles. The molecule has 3 aromatic carbocycles. The molecule has 0 spiro atoms. The molecule has 34 heavy (non-hydrogen) atoms. The van der Waals surface area contributed by atoms with Crippen molar-refractivity contribution in [1.29, 1.82) is 0 Å². The second kappa shape index (κ2) is 8.29. The first kappa shape index (κ1) is 23.0. The Morgan fingerprint density at radius 2 is 1.68 bits per heavy atom. The van der Waals surface area contributed by atoms with Crippen molar-refractivity contribution >= 4 is 23.3 Å². The van der Waals surface area contributed by atoms with Gasteiger partial charge in [-0.3, -0.25) is 19.7 Å². The molecule has 2 atom stereocenters. The zero-order valence-corrected chi connectivity index (χ0v) is 17.4. The van der Waals surface area contributed by atoms with Crippen LogP contribution in [0.2, 0.25) is 0 Å². The zero-order chi connectivity index (χ0) is 24.7. The lowest BCUT2D eigenvalue weighted by Crippen LogP contribution is -2.42. The Labute approximate surface area is 191 Å². The van der Waals surface area contributed by atoms with Gasteiger partial charge in [0.2, 0.25) is 5.91 Å². The molecule has 1 aliphatic rings. The largest absolute Gasteiger partial charge is 0.480 e. The van der Waals surface area contributed by atoms with E-state index in [1.807, 2.05) is 0 Å². The predicted molar refractivity (Wildman–Crippen MR) is 115 cm³/mol. The number of aliphatic carboxylic acids is 1. The maximum absolute atomic E-state index is 13.4. The number of carboxylic acids is 1. The van der Waals surface area contributed by atoms with E-state index in [1.54, 1.807) is 30.3 Å². The fraction of sp³-hybridized carbons (Fsp3) is 0.167. The Morgan fingerprint density at radius 1 is 1.03 bits per heavy atom. The van der Waals surface area contributed by atoms with E-state index in [-0.39, 0.29) is 16.9 Å². The molecule has 1 aliphatic heterocycles. The number of carbonyl (C=O) groups is 2. The van der Waals surface area contributed by atoms with Gasteiger partial charge in [-0.15, -0.1) is 0 Å². The number of amides is 1. The monoisotopic (exact) mass is 470 g/mol. The summed E-state index contributed by atoms with van der Waals surface area (Å²) in [6.45, 7) is 0. The van der Waals surface area contributed by atoms with Crippen LogP contribution in [0.5, 0.6) is 0 Å². The first-order valence-electron chi connectivity index (χ1n) is 10.1. The Hall–Kier alpha value is -4.21. The quantitative estimate of drug-likeness (QED) is 0.412. The lowest BCUT2D eigenvalue weighted by atomic mass is 9.71. The minimum atomic E-state index is -4.66. The second-order valence-electron chi connectivity index (χ2n) is 7.88. The average molecular weight is 470 g/mol. The van der Waals surface area contributed by atoms with Crippen LogP contribution in [0.4, 0.5) is 24.5 Å².